The normalized spacial score (nSPS) is 19.1. The number of nitrogens with zero attached hydrogens (tertiary/aromatic N) is 3. The number of pyridine rings is 2. The predicted molar refractivity (Wildman–Crippen MR) is 129 cm³/mol. The number of piperidine rings is 1. The van der Waals surface area contributed by atoms with Crippen LogP contribution in [-0.2, 0) is 6.42 Å². The van der Waals surface area contributed by atoms with E-state index >= 15 is 0 Å². The topological polar surface area (TPSA) is 119 Å². The maximum Gasteiger partial charge on any atom is 0.276 e. The third-order valence-electron chi connectivity index (χ3n) is 6.38. The molecule has 2 aliphatic rings. The summed E-state index contributed by atoms with van der Waals surface area (Å²) < 4.78 is 48.9. The zero-order valence-electron chi connectivity index (χ0n) is 19.5. The van der Waals surface area contributed by atoms with E-state index in [-0.39, 0.29) is 17.4 Å². The standard InChI is InChI=1S/C25H25F3N6O2/c1-12-7-13(29)11-34(10-12)23-14-5-6-36-25(14)31-9-19(23)32-24(35)22-18(30)8-17(28)21(33-22)20-15(26)3-2-4-16(20)27/h2-4,8-9,12-13H,5-7,10-11,29-30H2,1H3,(H,32,35)/t12-,13?/m1/s1. The van der Waals surface area contributed by atoms with E-state index in [0.717, 1.165) is 48.5 Å². The van der Waals surface area contributed by atoms with Gasteiger partial charge in [-0.2, -0.15) is 0 Å². The fourth-order valence-electron chi connectivity index (χ4n) is 4.93. The Balaban J connectivity index is 1.54. The molecular weight excluding hydrogens is 473 g/mol. The highest BCUT2D eigenvalue weighted by Gasteiger charge is 2.31. The monoisotopic (exact) mass is 498 g/mol. The van der Waals surface area contributed by atoms with Crippen LogP contribution < -0.4 is 26.4 Å². The lowest BCUT2D eigenvalue weighted by Crippen LogP contribution is -2.47. The van der Waals surface area contributed by atoms with Crippen LogP contribution in [0.4, 0.5) is 30.2 Å². The molecule has 5 rings (SSSR count). The Morgan fingerprint density at radius 1 is 1.19 bits per heavy atom. The first-order chi connectivity index (χ1) is 17.2. The zero-order valence-corrected chi connectivity index (χ0v) is 19.5. The largest absolute Gasteiger partial charge is 0.477 e. The number of aromatic nitrogens is 2. The number of fused-ring (bicyclic) bond motifs is 1. The maximum absolute atomic E-state index is 14.6. The lowest BCUT2D eigenvalue weighted by molar-refractivity contribution is 0.102. The van der Waals surface area contributed by atoms with E-state index in [4.69, 9.17) is 16.2 Å². The minimum absolute atomic E-state index is 0.0453. The molecule has 36 heavy (non-hydrogen) atoms. The molecule has 4 heterocycles. The minimum Gasteiger partial charge on any atom is -0.477 e. The van der Waals surface area contributed by atoms with Gasteiger partial charge in [-0.3, -0.25) is 4.79 Å². The molecule has 2 aromatic heterocycles. The van der Waals surface area contributed by atoms with Crippen molar-refractivity contribution < 1.29 is 22.7 Å². The molecule has 1 aromatic carbocycles. The molecule has 1 saturated heterocycles. The molecule has 2 atom stereocenters. The summed E-state index contributed by atoms with van der Waals surface area (Å²) in [4.78, 5) is 23.6. The van der Waals surface area contributed by atoms with E-state index in [2.05, 4.69) is 27.1 Å². The van der Waals surface area contributed by atoms with Crippen LogP contribution in [0.25, 0.3) is 11.3 Å². The summed E-state index contributed by atoms with van der Waals surface area (Å²) in [6, 6.07) is 3.88. The van der Waals surface area contributed by atoms with Crippen LogP contribution in [-0.4, -0.2) is 41.6 Å². The van der Waals surface area contributed by atoms with Gasteiger partial charge in [0.25, 0.3) is 5.91 Å². The van der Waals surface area contributed by atoms with Gasteiger partial charge in [0.05, 0.1) is 35.4 Å². The summed E-state index contributed by atoms with van der Waals surface area (Å²) in [7, 11) is 0. The number of carbonyl (C=O) groups excluding carboxylic acids is 1. The van der Waals surface area contributed by atoms with Gasteiger partial charge in [-0.1, -0.05) is 13.0 Å². The average molecular weight is 499 g/mol. The lowest BCUT2D eigenvalue weighted by atomic mass is 9.95. The molecule has 0 aliphatic carbocycles. The van der Waals surface area contributed by atoms with Crippen molar-refractivity contribution in [1.82, 2.24) is 9.97 Å². The van der Waals surface area contributed by atoms with Crippen molar-refractivity contribution >= 4 is 23.0 Å². The number of hydrogen-bond donors (Lipinski definition) is 3. The van der Waals surface area contributed by atoms with Crippen LogP contribution in [0.5, 0.6) is 5.88 Å². The molecule has 1 amide bonds. The second-order valence-electron chi connectivity index (χ2n) is 9.22. The third-order valence-corrected chi connectivity index (χ3v) is 6.38. The Morgan fingerprint density at radius 3 is 2.67 bits per heavy atom. The van der Waals surface area contributed by atoms with Crippen LogP contribution in [0.1, 0.15) is 29.4 Å². The van der Waals surface area contributed by atoms with Crippen molar-refractivity contribution in [3.8, 4) is 17.1 Å². The summed E-state index contributed by atoms with van der Waals surface area (Å²) in [6.07, 6.45) is 2.96. The Labute approximate surface area is 205 Å². The third kappa shape index (κ3) is 4.30. The Morgan fingerprint density at radius 2 is 1.94 bits per heavy atom. The number of nitrogen functional groups attached to an aromatic ring is 1. The fourth-order valence-corrected chi connectivity index (χ4v) is 4.93. The van der Waals surface area contributed by atoms with E-state index in [1.54, 1.807) is 0 Å². The molecule has 0 saturated carbocycles. The van der Waals surface area contributed by atoms with Crippen LogP contribution in [0.2, 0.25) is 0 Å². The van der Waals surface area contributed by atoms with Gasteiger partial charge in [0.15, 0.2) is 11.5 Å². The SMILES string of the molecule is C[C@@H]1CC(N)CN(c2c(NC(=O)c3nc(-c4c(F)cccc4F)c(F)cc3N)cnc3c2CCO3)C1. The number of carbonyl (C=O) groups is 1. The molecule has 1 unspecified atom stereocenters. The quantitative estimate of drug-likeness (QED) is 0.504. The van der Waals surface area contributed by atoms with Gasteiger partial charge in [-0.25, -0.2) is 23.1 Å². The second-order valence-corrected chi connectivity index (χ2v) is 9.22. The Kier molecular flexibility index (Phi) is 6.17. The zero-order chi connectivity index (χ0) is 25.6. The number of nitrogens with one attached hydrogen (secondary N) is 1. The second kappa shape index (κ2) is 9.30. The molecule has 3 aromatic rings. The van der Waals surface area contributed by atoms with Crippen LogP contribution >= 0.6 is 0 Å². The van der Waals surface area contributed by atoms with Gasteiger partial charge in [0.2, 0.25) is 5.88 Å². The number of benzene rings is 1. The number of rotatable bonds is 4. The molecule has 1 fully saturated rings. The molecular formula is C25H25F3N6O2. The molecule has 11 heteroatoms. The Bertz CT molecular complexity index is 1320. The summed E-state index contributed by atoms with van der Waals surface area (Å²) in [5, 5.41) is 2.76. The van der Waals surface area contributed by atoms with Crippen molar-refractivity contribution in [3.63, 3.8) is 0 Å². The number of halogens is 3. The summed E-state index contributed by atoms with van der Waals surface area (Å²) in [5.74, 6) is -3.04. The fraction of sp³-hybridized carbons (Fsp3) is 0.320. The first kappa shape index (κ1) is 23.9. The van der Waals surface area contributed by atoms with Crippen LogP contribution in [0.3, 0.4) is 0 Å². The number of nitrogens with two attached hydrogens (primary N) is 2. The minimum atomic E-state index is -1.05. The summed E-state index contributed by atoms with van der Waals surface area (Å²) in [5.41, 5.74) is 12.2. The maximum atomic E-state index is 14.6. The van der Waals surface area contributed by atoms with Crippen molar-refractivity contribution in [2.75, 3.05) is 35.6 Å². The van der Waals surface area contributed by atoms with Gasteiger partial charge < -0.3 is 26.4 Å². The van der Waals surface area contributed by atoms with E-state index < -0.39 is 34.6 Å². The van der Waals surface area contributed by atoms with Crippen molar-refractivity contribution in [2.45, 2.75) is 25.8 Å². The molecule has 188 valence electrons. The number of amides is 1. The average Bonchev–Trinajstić information content (AvgIpc) is 3.28. The van der Waals surface area contributed by atoms with Gasteiger partial charge in [-0.15, -0.1) is 0 Å². The Hall–Kier alpha value is -3.86. The van der Waals surface area contributed by atoms with Crippen molar-refractivity contribution in [2.24, 2.45) is 11.7 Å². The molecule has 0 spiro atoms. The van der Waals surface area contributed by atoms with Crippen molar-refractivity contribution in [1.29, 1.82) is 0 Å². The molecule has 0 bridgehead atoms. The molecule has 5 N–H and O–H groups in total. The van der Waals surface area contributed by atoms with Gasteiger partial charge in [-0.05, 0) is 24.5 Å². The smallest absolute Gasteiger partial charge is 0.276 e. The lowest BCUT2D eigenvalue weighted by Gasteiger charge is -2.38. The van der Waals surface area contributed by atoms with Crippen LogP contribution in [0.15, 0.2) is 30.5 Å². The molecule has 8 nitrogen and oxygen atoms in total. The highest BCUT2D eigenvalue weighted by atomic mass is 19.1. The first-order valence-electron chi connectivity index (χ1n) is 11.6. The van der Waals surface area contributed by atoms with E-state index in [9.17, 15) is 18.0 Å². The van der Waals surface area contributed by atoms with Crippen LogP contribution in [0, 0.1) is 23.4 Å². The summed E-state index contributed by atoms with van der Waals surface area (Å²) >= 11 is 0. The van der Waals surface area contributed by atoms with Gasteiger partial charge >= 0.3 is 0 Å². The van der Waals surface area contributed by atoms with E-state index in [1.807, 2.05) is 0 Å². The van der Waals surface area contributed by atoms with Crippen molar-refractivity contribution in [3.05, 3.63) is 59.2 Å². The first-order valence-corrected chi connectivity index (χ1v) is 11.6. The molecule has 2 aliphatic heterocycles. The number of hydrogen-bond acceptors (Lipinski definition) is 7. The predicted octanol–water partition coefficient (Wildman–Crippen LogP) is 3.50. The van der Waals surface area contributed by atoms with Gasteiger partial charge in [0, 0.05) is 37.2 Å². The van der Waals surface area contributed by atoms with E-state index in [1.165, 1.54) is 6.20 Å². The summed E-state index contributed by atoms with van der Waals surface area (Å²) in [6.45, 7) is 3.87. The van der Waals surface area contributed by atoms with E-state index in [0.29, 0.717) is 37.1 Å². The number of anilines is 3. The molecule has 0 radical (unpaired) electrons. The number of ether oxygens (including phenoxy) is 1. The highest BCUT2D eigenvalue weighted by molar-refractivity contribution is 6.08. The highest BCUT2D eigenvalue weighted by Crippen LogP contribution is 2.40. The van der Waals surface area contributed by atoms with Gasteiger partial charge in [0.1, 0.15) is 17.3 Å².